The predicted octanol–water partition coefficient (Wildman–Crippen LogP) is 5.94. The lowest BCUT2D eigenvalue weighted by Crippen LogP contribution is -2.57. The second-order valence-electron chi connectivity index (χ2n) is 4.35. The summed E-state index contributed by atoms with van der Waals surface area (Å²) in [5.41, 5.74) is 0.225. The Morgan fingerprint density at radius 2 is 1.20 bits per heavy atom. The summed E-state index contributed by atoms with van der Waals surface area (Å²) >= 11 is 52.0. The Labute approximate surface area is 191 Å². The van der Waals surface area contributed by atoms with Crippen molar-refractivity contribution in [2.45, 2.75) is 19.4 Å². The van der Waals surface area contributed by atoms with Crippen LogP contribution in [0.4, 0.5) is 0 Å². The molecule has 0 heterocycles. The van der Waals surface area contributed by atoms with E-state index in [0.717, 1.165) is 0 Å². The maximum absolute atomic E-state index is 11.4. The fraction of sp³-hybridized carbons (Fsp3) is 0.571. The van der Waals surface area contributed by atoms with Gasteiger partial charge < -0.3 is 17.1 Å². The van der Waals surface area contributed by atoms with Gasteiger partial charge in [0.25, 0.3) is 0 Å². The minimum atomic E-state index is -4.02. The molecule has 0 aliphatic heterocycles. The SMILES string of the molecule is C=C(C)C(=O)OCCC[Si](O[Si](Cl)(Cl)Cl)(O[Si](Cl)(Cl)Cl)O[Si](Cl)(Cl)Cl. The summed E-state index contributed by atoms with van der Waals surface area (Å²) in [6.07, 6.45) is -11.2. The molecule has 0 unspecified atom stereocenters. The highest BCUT2D eigenvalue weighted by Gasteiger charge is 2.57. The van der Waals surface area contributed by atoms with Crippen LogP contribution in [0.25, 0.3) is 0 Å². The van der Waals surface area contributed by atoms with Gasteiger partial charge in [0.2, 0.25) is 0 Å². The second-order valence-corrected chi connectivity index (χ2v) is 30.9. The van der Waals surface area contributed by atoms with Crippen LogP contribution in [0, 0.1) is 0 Å². The minimum Gasteiger partial charge on any atom is -0.462 e. The van der Waals surface area contributed by atoms with E-state index in [9.17, 15) is 4.79 Å². The van der Waals surface area contributed by atoms with Crippen molar-refractivity contribution >= 4 is 133 Å². The summed E-state index contributed by atoms with van der Waals surface area (Å²) in [5, 5.41) is 0. The van der Waals surface area contributed by atoms with Gasteiger partial charge in [-0.3, -0.25) is 0 Å². The summed E-state index contributed by atoms with van der Waals surface area (Å²) in [7, 11) is -4.02. The Morgan fingerprint density at radius 1 is 0.840 bits per heavy atom. The molecule has 0 saturated carbocycles. The quantitative estimate of drug-likeness (QED) is 0.0959. The van der Waals surface area contributed by atoms with Gasteiger partial charge in [-0.15, -0.1) is 0 Å². The standard InChI is InChI=1S/C7H11Cl9O5Si4/c1-6(2)7(17)18-4-3-5-22(19-23(8,9)10,20-24(11,12)13)21-25(14,15)16/h1,3-5H2,2H3. The third-order valence-corrected chi connectivity index (χ3v) is 15.7. The number of ether oxygens (including phenoxy) is 1. The van der Waals surface area contributed by atoms with Crippen LogP contribution < -0.4 is 0 Å². The topological polar surface area (TPSA) is 54.0 Å². The molecule has 0 saturated heterocycles. The van der Waals surface area contributed by atoms with E-state index in [1.165, 1.54) is 6.92 Å². The Balaban J connectivity index is 5.30. The van der Waals surface area contributed by atoms with Crippen molar-refractivity contribution in [3.8, 4) is 0 Å². The summed E-state index contributed by atoms with van der Waals surface area (Å²) in [4.78, 5) is 11.4. The van der Waals surface area contributed by atoms with Crippen molar-refractivity contribution in [3.63, 3.8) is 0 Å². The zero-order valence-electron chi connectivity index (χ0n) is 12.3. The first-order chi connectivity index (χ1) is 10.9. The van der Waals surface area contributed by atoms with Crippen molar-refractivity contribution in [2.24, 2.45) is 0 Å². The molecule has 18 heteroatoms. The first-order valence-corrected chi connectivity index (χ1v) is 22.8. The fourth-order valence-corrected chi connectivity index (χ4v) is 18.5. The second kappa shape index (κ2) is 11.1. The molecule has 0 aliphatic carbocycles. The zero-order valence-corrected chi connectivity index (χ0v) is 23.1. The molecule has 0 radical (unpaired) electrons. The zero-order chi connectivity index (χ0) is 20.1. The van der Waals surface area contributed by atoms with E-state index < -0.39 is 33.5 Å². The molecule has 0 amide bonds. The highest BCUT2D eigenvalue weighted by atomic mass is 35.9. The number of hydrogen-bond donors (Lipinski definition) is 0. The van der Waals surface area contributed by atoms with Crippen molar-refractivity contribution in [1.29, 1.82) is 0 Å². The van der Waals surface area contributed by atoms with Gasteiger partial charge in [-0.1, -0.05) is 106 Å². The lowest BCUT2D eigenvalue weighted by molar-refractivity contribution is -0.138. The van der Waals surface area contributed by atoms with Crippen LogP contribution in [-0.4, -0.2) is 40.1 Å². The maximum atomic E-state index is 11.4. The van der Waals surface area contributed by atoms with Gasteiger partial charge in [-0.2, -0.15) is 0 Å². The molecule has 25 heavy (non-hydrogen) atoms. The predicted molar refractivity (Wildman–Crippen MR) is 114 cm³/mol. The summed E-state index contributed by atoms with van der Waals surface area (Å²) in [6, 6.07) is -0.0841. The van der Waals surface area contributed by atoms with Crippen LogP contribution >= 0.6 is 99.7 Å². The van der Waals surface area contributed by atoms with Crippen LogP contribution in [0.3, 0.4) is 0 Å². The Kier molecular flexibility index (Phi) is 12.2. The van der Waals surface area contributed by atoms with Crippen LogP contribution in [0.15, 0.2) is 12.2 Å². The fourth-order valence-electron chi connectivity index (χ4n) is 1.32. The van der Waals surface area contributed by atoms with E-state index in [2.05, 4.69) is 6.58 Å². The number of carbonyl (C=O) groups excluding carboxylic acids is 1. The van der Waals surface area contributed by atoms with Crippen molar-refractivity contribution < 1.29 is 21.9 Å². The van der Waals surface area contributed by atoms with Crippen molar-refractivity contribution in [3.05, 3.63) is 12.2 Å². The molecule has 0 atom stereocenters. The van der Waals surface area contributed by atoms with Crippen LogP contribution in [0.1, 0.15) is 13.3 Å². The highest BCUT2D eigenvalue weighted by Crippen LogP contribution is 2.39. The molecule has 0 aromatic rings. The van der Waals surface area contributed by atoms with Gasteiger partial charge in [-0.25, -0.2) is 4.79 Å². The van der Waals surface area contributed by atoms with Gasteiger partial charge in [0.1, 0.15) is 0 Å². The normalized spacial score (nSPS) is 13.7. The molecule has 0 aromatic heterocycles. The van der Waals surface area contributed by atoms with Gasteiger partial charge in [0.05, 0.1) is 6.61 Å². The molecular weight excluding hydrogens is 595 g/mol. The lowest BCUT2D eigenvalue weighted by Gasteiger charge is -2.35. The number of rotatable bonds is 11. The third-order valence-electron chi connectivity index (χ3n) is 2.02. The monoisotopic (exact) mass is 602 g/mol. The number of hydrogen-bond acceptors (Lipinski definition) is 5. The largest absolute Gasteiger partial charge is 0.486 e. The smallest absolute Gasteiger partial charge is 0.462 e. The number of halogens is 9. The van der Waals surface area contributed by atoms with Crippen molar-refractivity contribution in [1.82, 2.24) is 0 Å². The van der Waals surface area contributed by atoms with Gasteiger partial charge in [0.15, 0.2) is 0 Å². The molecule has 0 rings (SSSR count). The van der Waals surface area contributed by atoms with E-state index in [4.69, 9.17) is 117 Å². The van der Waals surface area contributed by atoms with E-state index in [-0.39, 0.29) is 24.6 Å². The van der Waals surface area contributed by atoms with E-state index in [1.807, 2.05) is 0 Å². The van der Waals surface area contributed by atoms with Crippen molar-refractivity contribution in [2.75, 3.05) is 6.61 Å². The Bertz CT molecular complexity index is 436. The minimum absolute atomic E-state index is 0.0548. The average Bonchev–Trinajstić information content (AvgIpc) is 2.27. The van der Waals surface area contributed by atoms with E-state index in [0.29, 0.717) is 0 Å². The van der Waals surface area contributed by atoms with Crippen LogP contribution in [0.5, 0.6) is 0 Å². The summed E-state index contributed by atoms with van der Waals surface area (Å²) in [5.74, 6) is -0.586. The van der Waals surface area contributed by atoms with Gasteiger partial charge >= 0.3 is 33.5 Å². The van der Waals surface area contributed by atoms with Gasteiger partial charge in [-0.05, 0) is 13.3 Å². The molecule has 0 aromatic carbocycles. The summed E-state index contributed by atoms with van der Waals surface area (Å²) < 4.78 is 21.0. The number of esters is 1. The lowest BCUT2D eigenvalue weighted by atomic mass is 10.4. The molecule has 0 fully saturated rings. The average molecular weight is 607 g/mol. The summed E-state index contributed by atoms with van der Waals surface area (Å²) in [6.45, 7) is 4.89. The molecule has 0 N–H and O–H groups in total. The molecule has 0 spiro atoms. The Morgan fingerprint density at radius 3 is 1.48 bits per heavy atom. The highest BCUT2D eigenvalue weighted by molar-refractivity contribution is 7.65. The number of carbonyl (C=O) groups is 1. The molecule has 5 nitrogen and oxygen atoms in total. The maximum Gasteiger partial charge on any atom is 0.486 e. The van der Waals surface area contributed by atoms with E-state index >= 15 is 0 Å². The van der Waals surface area contributed by atoms with Crippen LogP contribution in [-0.2, 0) is 21.9 Å². The molecule has 0 aliphatic rings. The van der Waals surface area contributed by atoms with Gasteiger partial charge in [0, 0.05) is 11.6 Å². The Hall–Kier alpha value is 2.57. The third kappa shape index (κ3) is 15.1. The molecule has 148 valence electrons. The van der Waals surface area contributed by atoms with E-state index in [1.54, 1.807) is 0 Å². The first kappa shape index (κ1) is 27.6. The first-order valence-electron chi connectivity index (χ1n) is 6.08. The molecular formula is C7H11Cl9O5Si4. The van der Waals surface area contributed by atoms with Crippen LogP contribution in [0.2, 0.25) is 6.04 Å². The molecule has 0 bridgehead atoms.